The predicted molar refractivity (Wildman–Crippen MR) is 107 cm³/mol. The number of hydrogen-bond acceptors (Lipinski definition) is 4. The van der Waals surface area contributed by atoms with E-state index in [9.17, 15) is 13.6 Å². The summed E-state index contributed by atoms with van der Waals surface area (Å²) in [7, 11) is 1.57. The highest BCUT2D eigenvalue weighted by molar-refractivity contribution is 5.86. The first-order valence-corrected chi connectivity index (χ1v) is 9.96. The van der Waals surface area contributed by atoms with E-state index in [-0.39, 0.29) is 36.5 Å². The van der Waals surface area contributed by atoms with Crippen LogP contribution in [-0.4, -0.2) is 44.7 Å². The summed E-state index contributed by atoms with van der Waals surface area (Å²) in [4.78, 5) is 16.2. The lowest BCUT2D eigenvalue weighted by atomic mass is 9.95. The molecule has 0 aliphatic heterocycles. The third kappa shape index (κ3) is 7.75. The van der Waals surface area contributed by atoms with E-state index in [2.05, 4.69) is 25.7 Å². The maximum atomic E-state index is 12.8. The number of aliphatic imine (C=N–C) groups is 1. The molecule has 7 nitrogen and oxygen atoms in total. The molecule has 0 aromatic heterocycles. The van der Waals surface area contributed by atoms with Crippen LogP contribution in [0.2, 0.25) is 0 Å². The maximum absolute atomic E-state index is 12.8. The highest BCUT2D eigenvalue weighted by Gasteiger charge is 2.17. The van der Waals surface area contributed by atoms with Crippen molar-refractivity contribution < 1.29 is 23.0 Å². The molecule has 0 unspecified atom stereocenters. The first-order valence-electron chi connectivity index (χ1n) is 9.96. The van der Waals surface area contributed by atoms with Gasteiger partial charge in [-0.25, -0.2) is 0 Å². The molecule has 3 N–H and O–H groups in total. The maximum Gasteiger partial charge on any atom is 0.387 e. The molecule has 2 rings (SSSR count). The molecule has 0 spiro atoms. The fourth-order valence-corrected chi connectivity index (χ4v) is 3.28. The van der Waals surface area contributed by atoms with Gasteiger partial charge in [0.15, 0.2) is 17.5 Å². The molecule has 9 heteroatoms. The summed E-state index contributed by atoms with van der Waals surface area (Å²) in [6, 6.07) is 5.18. The summed E-state index contributed by atoms with van der Waals surface area (Å²) in [5.74, 6) is 0.526. The Morgan fingerprint density at radius 2 is 2.00 bits per heavy atom. The van der Waals surface area contributed by atoms with Crippen molar-refractivity contribution in [1.82, 2.24) is 16.0 Å². The van der Waals surface area contributed by atoms with Gasteiger partial charge in [-0.3, -0.25) is 9.79 Å². The molecule has 162 valence electrons. The van der Waals surface area contributed by atoms with Gasteiger partial charge in [0, 0.05) is 25.2 Å². The van der Waals surface area contributed by atoms with Gasteiger partial charge in [-0.1, -0.05) is 31.4 Å². The quantitative estimate of drug-likeness (QED) is 0.429. The standard InChI is InChI=1S/C20H30F2N4O3/c1-3-28-16-11-7-8-14(18(16)29-19(21)22)12-24-20(23-2)25-13-17(27)26-15-9-5-4-6-10-15/h7-8,11,15,19H,3-6,9-10,12-13H2,1-2H3,(H,26,27)(H2,23,24,25). The Bertz CT molecular complexity index is 680. The number of para-hydroxylation sites is 1. The van der Waals surface area contributed by atoms with Crippen LogP contribution in [0, 0.1) is 0 Å². The summed E-state index contributed by atoms with van der Waals surface area (Å²) >= 11 is 0. The molecule has 1 fully saturated rings. The second-order valence-corrected chi connectivity index (χ2v) is 6.74. The molecule has 1 saturated carbocycles. The molecule has 0 bridgehead atoms. The predicted octanol–water partition coefficient (Wildman–Crippen LogP) is 2.80. The number of carbonyl (C=O) groups excluding carboxylic acids is 1. The van der Waals surface area contributed by atoms with Gasteiger partial charge in [0.1, 0.15) is 0 Å². The van der Waals surface area contributed by atoms with Gasteiger partial charge in [0.25, 0.3) is 0 Å². The van der Waals surface area contributed by atoms with Crippen molar-refractivity contribution in [3.05, 3.63) is 23.8 Å². The SMILES string of the molecule is CCOc1cccc(CNC(=NC)NCC(=O)NC2CCCCC2)c1OC(F)F. The van der Waals surface area contributed by atoms with Crippen LogP contribution < -0.4 is 25.4 Å². The van der Waals surface area contributed by atoms with Gasteiger partial charge in [-0.15, -0.1) is 0 Å². The summed E-state index contributed by atoms with van der Waals surface area (Å²) < 4.78 is 35.7. The van der Waals surface area contributed by atoms with Crippen molar-refractivity contribution in [2.24, 2.45) is 4.99 Å². The van der Waals surface area contributed by atoms with E-state index in [1.165, 1.54) is 6.42 Å². The van der Waals surface area contributed by atoms with Crippen molar-refractivity contribution in [1.29, 1.82) is 0 Å². The number of alkyl halides is 2. The van der Waals surface area contributed by atoms with E-state index in [0.717, 1.165) is 25.7 Å². The Morgan fingerprint density at radius 1 is 1.24 bits per heavy atom. The second-order valence-electron chi connectivity index (χ2n) is 6.74. The lowest BCUT2D eigenvalue weighted by Gasteiger charge is -2.23. The van der Waals surface area contributed by atoms with Gasteiger partial charge in [0.2, 0.25) is 5.91 Å². The monoisotopic (exact) mass is 412 g/mol. The molecule has 0 saturated heterocycles. The van der Waals surface area contributed by atoms with Crippen LogP contribution in [0.25, 0.3) is 0 Å². The lowest BCUT2D eigenvalue weighted by Crippen LogP contribution is -2.45. The Labute approximate surface area is 170 Å². The summed E-state index contributed by atoms with van der Waals surface area (Å²) in [5, 5.41) is 8.96. The van der Waals surface area contributed by atoms with Gasteiger partial charge < -0.3 is 25.4 Å². The Kier molecular flexibility index (Phi) is 9.46. The number of guanidine groups is 1. The Hall–Kier alpha value is -2.58. The topological polar surface area (TPSA) is 84.0 Å². The summed E-state index contributed by atoms with van der Waals surface area (Å²) in [5.41, 5.74) is 0.492. The van der Waals surface area contributed by atoms with Crippen molar-refractivity contribution in [2.45, 2.75) is 58.2 Å². The zero-order chi connectivity index (χ0) is 21.1. The molecule has 1 aromatic carbocycles. The average Bonchev–Trinajstić information content (AvgIpc) is 2.70. The van der Waals surface area contributed by atoms with Crippen molar-refractivity contribution in [3.63, 3.8) is 0 Å². The first kappa shape index (κ1) is 22.7. The van der Waals surface area contributed by atoms with E-state index >= 15 is 0 Å². The number of nitrogens with zero attached hydrogens (tertiary/aromatic N) is 1. The van der Waals surface area contributed by atoms with E-state index in [1.54, 1.807) is 32.2 Å². The van der Waals surface area contributed by atoms with Gasteiger partial charge in [0.05, 0.1) is 13.2 Å². The normalized spacial score (nSPS) is 15.1. The fourth-order valence-electron chi connectivity index (χ4n) is 3.28. The van der Waals surface area contributed by atoms with E-state index < -0.39 is 6.61 Å². The third-order valence-corrected chi connectivity index (χ3v) is 4.62. The molecule has 0 heterocycles. The number of amides is 1. The highest BCUT2D eigenvalue weighted by Crippen LogP contribution is 2.32. The third-order valence-electron chi connectivity index (χ3n) is 4.62. The molecule has 1 amide bonds. The number of benzene rings is 1. The van der Waals surface area contributed by atoms with Crippen LogP contribution in [-0.2, 0) is 11.3 Å². The van der Waals surface area contributed by atoms with Crippen LogP contribution in [0.1, 0.15) is 44.6 Å². The van der Waals surface area contributed by atoms with E-state index in [0.29, 0.717) is 18.1 Å². The summed E-state index contributed by atoms with van der Waals surface area (Å²) in [6.45, 7) is -0.615. The molecule has 0 radical (unpaired) electrons. The average molecular weight is 412 g/mol. The van der Waals surface area contributed by atoms with E-state index in [4.69, 9.17) is 4.74 Å². The minimum Gasteiger partial charge on any atom is -0.490 e. The van der Waals surface area contributed by atoms with Crippen LogP contribution in [0.15, 0.2) is 23.2 Å². The summed E-state index contributed by atoms with van der Waals surface area (Å²) in [6.07, 6.45) is 5.55. The molecule has 1 aliphatic rings. The number of halogens is 2. The number of carbonyl (C=O) groups is 1. The van der Waals surface area contributed by atoms with Crippen LogP contribution in [0.5, 0.6) is 11.5 Å². The first-order chi connectivity index (χ1) is 14.0. The fraction of sp³-hybridized carbons (Fsp3) is 0.600. The van der Waals surface area contributed by atoms with Crippen LogP contribution >= 0.6 is 0 Å². The molecule has 29 heavy (non-hydrogen) atoms. The number of ether oxygens (including phenoxy) is 2. The minimum atomic E-state index is -2.96. The van der Waals surface area contributed by atoms with Crippen LogP contribution in [0.4, 0.5) is 8.78 Å². The zero-order valence-electron chi connectivity index (χ0n) is 17.0. The van der Waals surface area contributed by atoms with E-state index in [1.807, 2.05) is 0 Å². The van der Waals surface area contributed by atoms with Crippen molar-refractivity contribution >= 4 is 11.9 Å². The van der Waals surface area contributed by atoms with Gasteiger partial charge in [-0.05, 0) is 25.8 Å². The number of rotatable bonds is 9. The molecular weight excluding hydrogens is 382 g/mol. The van der Waals surface area contributed by atoms with Crippen LogP contribution in [0.3, 0.4) is 0 Å². The molecular formula is C20H30F2N4O3. The number of hydrogen-bond donors (Lipinski definition) is 3. The Balaban J connectivity index is 1.89. The second kappa shape index (κ2) is 12.1. The minimum absolute atomic E-state index is 0.0117. The highest BCUT2D eigenvalue weighted by atomic mass is 19.3. The van der Waals surface area contributed by atoms with Crippen molar-refractivity contribution in [2.75, 3.05) is 20.2 Å². The van der Waals surface area contributed by atoms with Gasteiger partial charge in [-0.2, -0.15) is 8.78 Å². The molecule has 1 aliphatic carbocycles. The van der Waals surface area contributed by atoms with Gasteiger partial charge >= 0.3 is 6.61 Å². The smallest absolute Gasteiger partial charge is 0.387 e. The zero-order valence-corrected chi connectivity index (χ0v) is 17.0. The number of nitrogens with one attached hydrogen (secondary N) is 3. The van der Waals surface area contributed by atoms with Crippen molar-refractivity contribution in [3.8, 4) is 11.5 Å². The largest absolute Gasteiger partial charge is 0.490 e. The lowest BCUT2D eigenvalue weighted by molar-refractivity contribution is -0.120. The molecule has 1 aromatic rings. The Morgan fingerprint density at radius 3 is 2.66 bits per heavy atom. The molecule has 0 atom stereocenters.